The van der Waals surface area contributed by atoms with Crippen molar-refractivity contribution in [2.24, 2.45) is 4.99 Å². The number of allylic oxidation sites excluding steroid dienone is 2. The van der Waals surface area contributed by atoms with Gasteiger partial charge in [0.15, 0.2) is 11.6 Å². The minimum Gasteiger partial charge on any atom is -0.495 e. The Labute approximate surface area is 176 Å². The molecule has 156 valence electrons. The number of carbonyl (C=O) groups is 1. The Morgan fingerprint density at radius 2 is 2.00 bits per heavy atom. The molecule has 5 rings (SSSR count). The van der Waals surface area contributed by atoms with Gasteiger partial charge in [0.2, 0.25) is 0 Å². The van der Waals surface area contributed by atoms with Crippen LogP contribution in [-0.2, 0) is 9.53 Å². The predicted octanol–water partition coefficient (Wildman–Crippen LogP) is 1.26. The van der Waals surface area contributed by atoms with E-state index in [1.165, 1.54) is 0 Å². The van der Waals surface area contributed by atoms with E-state index in [-0.39, 0.29) is 5.78 Å². The lowest BCUT2D eigenvalue weighted by Crippen LogP contribution is -2.47. The fourth-order valence-electron chi connectivity index (χ4n) is 4.24. The van der Waals surface area contributed by atoms with Gasteiger partial charge in [-0.05, 0) is 12.1 Å². The zero-order chi connectivity index (χ0) is 20.5. The number of fused-ring (bicyclic) bond motifs is 2. The molecule has 1 aromatic carbocycles. The molecule has 0 aliphatic carbocycles. The summed E-state index contributed by atoms with van der Waals surface area (Å²) in [6.07, 6.45) is 5.89. The van der Waals surface area contributed by atoms with Crippen molar-refractivity contribution in [3.8, 4) is 0 Å². The fraction of sp³-hybridized carbons (Fsp3) is 0.364. The third-order valence-electron chi connectivity index (χ3n) is 5.89. The van der Waals surface area contributed by atoms with Crippen LogP contribution in [0.2, 0.25) is 0 Å². The Hall–Kier alpha value is -3.26. The Bertz CT molecular complexity index is 972. The lowest BCUT2D eigenvalue weighted by atomic mass is 10.1. The van der Waals surface area contributed by atoms with Gasteiger partial charge in [-0.25, -0.2) is 4.99 Å². The van der Waals surface area contributed by atoms with Gasteiger partial charge in [-0.15, -0.1) is 0 Å². The molecular weight excluding hydrogens is 380 g/mol. The number of benzene rings is 1. The molecule has 1 fully saturated rings. The van der Waals surface area contributed by atoms with Crippen LogP contribution in [0.4, 0.5) is 11.4 Å². The Balaban J connectivity index is 1.10. The summed E-state index contributed by atoms with van der Waals surface area (Å²) >= 11 is 0. The third-order valence-corrected chi connectivity index (χ3v) is 5.89. The summed E-state index contributed by atoms with van der Waals surface area (Å²) in [5.41, 5.74) is 9.63. The van der Waals surface area contributed by atoms with E-state index in [9.17, 15) is 4.79 Å². The van der Waals surface area contributed by atoms with Crippen LogP contribution >= 0.6 is 0 Å². The maximum Gasteiger partial charge on any atom is 0.188 e. The first-order valence-corrected chi connectivity index (χ1v) is 10.4. The number of hydrogen-bond donors (Lipinski definition) is 2. The predicted molar refractivity (Wildman–Crippen MR) is 117 cm³/mol. The van der Waals surface area contributed by atoms with Crippen LogP contribution in [0.15, 0.2) is 64.5 Å². The van der Waals surface area contributed by atoms with Crippen LogP contribution in [0.1, 0.15) is 6.42 Å². The first-order chi connectivity index (χ1) is 14.7. The van der Waals surface area contributed by atoms with Gasteiger partial charge in [0.05, 0.1) is 23.6 Å². The van der Waals surface area contributed by atoms with Crippen LogP contribution in [0.5, 0.6) is 0 Å². The molecule has 8 heteroatoms. The van der Waals surface area contributed by atoms with Crippen molar-refractivity contribution in [2.75, 3.05) is 56.5 Å². The maximum atomic E-state index is 12.0. The number of nitrogen functional groups attached to an aromatic ring is 1. The number of nitrogens with zero attached hydrogens (tertiary/aromatic N) is 4. The lowest BCUT2D eigenvalue weighted by Gasteiger charge is -2.36. The molecule has 0 saturated carbocycles. The second-order valence-electron chi connectivity index (χ2n) is 7.78. The standard InChI is InChI=1S/C22H26N6O2/c23-18-3-1-2-4-19(18)27-9-7-26(8-10-27)11-12-30-17-13-16-14-25-21-20(29)5-6-24-22(21)28(16)15-17/h1-4,6,13-14,25H,5,7-12,15,23H2. The number of rotatable bonds is 5. The van der Waals surface area contributed by atoms with Crippen molar-refractivity contribution in [2.45, 2.75) is 6.42 Å². The van der Waals surface area contributed by atoms with Gasteiger partial charge in [-0.2, -0.15) is 0 Å². The molecule has 1 aromatic rings. The molecule has 3 N–H and O–H groups in total. The van der Waals surface area contributed by atoms with Gasteiger partial charge >= 0.3 is 0 Å². The van der Waals surface area contributed by atoms with Crippen LogP contribution in [-0.4, -0.2) is 67.7 Å². The molecule has 30 heavy (non-hydrogen) atoms. The number of piperazine rings is 1. The number of hydrogen-bond acceptors (Lipinski definition) is 8. The van der Waals surface area contributed by atoms with Crippen molar-refractivity contribution < 1.29 is 9.53 Å². The average molecular weight is 406 g/mol. The highest BCUT2D eigenvalue weighted by atomic mass is 16.5. The van der Waals surface area contributed by atoms with Crippen molar-refractivity contribution in [1.82, 2.24) is 15.1 Å². The number of anilines is 2. The third kappa shape index (κ3) is 3.54. The lowest BCUT2D eigenvalue weighted by molar-refractivity contribution is -0.115. The van der Waals surface area contributed by atoms with Gasteiger partial charge in [0.25, 0.3) is 0 Å². The maximum absolute atomic E-state index is 12.0. The first-order valence-electron chi connectivity index (χ1n) is 10.4. The molecule has 4 aliphatic heterocycles. The van der Waals surface area contributed by atoms with Crippen molar-refractivity contribution in [1.29, 1.82) is 0 Å². The molecule has 1 saturated heterocycles. The van der Waals surface area contributed by atoms with E-state index in [4.69, 9.17) is 10.5 Å². The van der Waals surface area contributed by atoms with E-state index in [0.29, 0.717) is 31.1 Å². The number of ether oxygens (including phenoxy) is 1. The second kappa shape index (κ2) is 7.87. The van der Waals surface area contributed by atoms with Crippen LogP contribution in [0, 0.1) is 0 Å². The number of carbonyl (C=O) groups excluding carboxylic acids is 1. The van der Waals surface area contributed by atoms with E-state index in [1.54, 1.807) is 6.21 Å². The molecule has 0 bridgehead atoms. The van der Waals surface area contributed by atoms with Crippen LogP contribution in [0.3, 0.4) is 0 Å². The summed E-state index contributed by atoms with van der Waals surface area (Å²) in [7, 11) is 0. The number of nitrogens with two attached hydrogens (primary N) is 1. The molecule has 8 nitrogen and oxygen atoms in total. The fourth-order valence-corrected chi connectivity index (χ4v) is 4.24. The zero-order valence-electron chi connectivity index (χ0n) is 16.9. The topological polar surface area (TPSA) is 86.4 Å². The van der Waals surface area contributed by atoms with Gasteiger partial charge in [-0.1, -0.05) is 12.1 Å². The van der Waals surface area contributed by atoms with Crippen molar-refractivity contribution in [3.05, 3.63) is 59.5 Å². The summed E-state index contributed by atoms with van der Waals surface area (Å²) in [5.74, 6) is 1.66. The van der Waals surface area contributed by atoms with Crippen molar-refractivity contribution >= 4 is 23.4 Å². The zero-order valence-corrected chi connectivity index (χ0v) is 16.9. The Morgan fingerprint density at radius 1 is 1.17 bits per heavy atom. The Kier molecular flexibility index (Phi) is 4.92. The minimum atomic E-state index is 0.0704. The molecule has 0 atom stereocenters. The monoisotopic (exact) mass is 406 g/mol. The van der Waals surface area contributed by atoms with Crippen LogP contribution < -0.4 is 16.0 Å². The molecule has 0 unspecified atom stereocenters. The van der Waals surface area contributed by atoms with Gasteiger partial charge in [0, 0.05) is 57.6 Å². The van der Waals surface area contributed by atoms with Crippen LogP contribution in [0.25, 0.3) is 0 Å². The van der Waals surface area contributed by atoms with Gasteiger partial charge in [-0.3, -0.25) is 9.69 Å². The summed E-state index contributed by atoms with van der Waals surface area (Å²) < 4.78 is 6.05. The van der Waals surface area contributed by atoms with E-state index in [1.807, 2.05) is 35.4 Å². The van der Waals surface area contributed by atoms with E-state index in [2.05, 4.69) is 26.2 Å². The summed E-state index contributed by atoms with van der Waals surface area (Å²) in [6, 6.07) is 8.05. The summed E-state index contributed by atoms with van der Waals surface area (Å²) in [5, 5.41) is 3.08. The quantitative estimate of drug-likeness (QED) is 0.712. The van der Waals surface area contributed by atoms with Crippen molar-refractivity contribution in [3.63, 3.8) is 0 Å². The number of nitrogens with one attached hydrogen (secondary N) is 1. The molecule has 4 heterocycles. The molecular formula is C22H26N6O2. The highest BCUT2D eigenvalue weighted by Gasteiger charge is 2.31. The first kappa shape index (κ1) is 18.7. The number of para-hydroxylation sites is 2. The summed E-state index contributed by atoms with van der Waals surface area (Å²) in [4.78, 5) is 23.3. The SMILES string of the molecule is Nc1ccccc1N1CCN(CCOC2=CC3=CNC4=C(N=CCC4=O)N3C2)CC1. The Morgan fingerprint density at radius 3 is 2.83 bits per heavy atom. The van der Waals surface area contributed by atoms with E-state index >= 15 is 0 Å². The molecule has 0 aromatic heterocycles. The highest BCUT2D eigenvalue weighted by molar-refractivity contribution is 6.05. The summed E-state index contributed by atoms with van der Waals surface area (Å²) in [6.45, 7) is 6.05. The minimum absolute atomic E-state index is 0.0704. The molecule has 4 aliphatic rings. The normalized spacial score (nSPS) is 21.1. The molecule has 0 radical (unpaired) electrons. The number of ketones is 1. The van der Waals surface area contributed by atoms with E-state index in [0.717, 1.165) is 55.6 Å². The smallest absolute Gasteiger partial charge is 0.188 e. The second-order valence-corrected chi connectivity index (χ2v) is 7.78. The molecule has 0 amide bonds. The van der Waals surface area contributed by atoms with E-state index < -0.39 is 0 Å². The van der Waals surface area contributed by atoms with Gasteiger partial charge in [0.1, 0.15) is 18.1 Å². The highest BCUT2D eigenvalue weighted by Crippen LogP contribution is 2.31. The number of Topliss-reactive ketones (excluding diaryl/α,β-unsaturated/α-hetero) is 1. The molecule has 0 spiro atoms. The van der Waals surface area contributed by atoms with Gasteiger partial charge < -0.3 is 25.6 Å². The average Bonchev–Trinajstić information content (AvgIpc) is 3.18. The largest absolute Gasteiger partial charge is 0.495 e. The number of aliphatic imine (C=N–C) groups is 1.